The number of nitrogen functional groups attached to an aromatic ring is 1. The zero-order valence-corrected chi connectivity index (χ0v) is 13.2. The Bertz CT molecular complexity index is 660. The van der Waals surface area contributed by atoms with Gasteiger partial charge in [0.05, 0.1) is 11.4 Å². The second kappa shape index (κ2) is 4.56. The van der Waals surface area contributed by atoms with Crippen LogP contribution in [0.5, 0.6) is 0 Å². The molecule has 0 fully saturated rings. The third-order valence-corrected chi connectivity index (χ3v) is 3.61. The Morgan fingerprint density at radius 3 is 2.11 bits per heavy atom. The van der Waals surface area contributed by atoms with Crippen LogP contribution in [-0.2, 0) is 12.5 Å². The summed E-state index contributed by atoms with van der Waals surface area (Å²) in [4.78, 5) is 12.3. The van der Waals surface area contributed by atoms with E-state index in [0.717, 1.165) is 15.9 Å². The number of halogens is 1. The molecule has 0 bridgehead atoms. The summed E-state index contributed by atoms with van der Waals surface area (Å²) in [5.74, 6) is 0. The minimum Gasteiger partial charge on any atom is -0.393 e. The molecule has 1 aromatic heterocycles. The van der Waals surface area contributed by atoms with Gasteiger partial charge >= 0.3 is 0 Å². The first-order valence-electron chi connectivity index (χ1n) is 6.07. The fourth-order valence-electron chi connectivity index (χ4n) is 2.39. The van der Waals surface area contributed by atoms with Crippen LogP contribution in [0.25, 0.3) is 5.69 Å². The molecular formula is C14H18BrN3O. The van der Waals surface area contributed by atoms with Crippen LogP contribution in [0.3, 0.4) is 0 Å². The standard InChI is InChI=1S/C14H18BrN3O/c1-14(2,3)12-11(16)13(19)18(17(12)4)10-7-5-9(15)6-8-10/h5-8H,16H2,1-4H3. The number of nitrogens with two attached hydrogens (primary N) is 1. The van der Waals surface area contributed by atoms with Gasteiger partial charge < -0.3 is 5.73 Å². The van der Waals surface area contributed by atoms with Gasteiger partial charge in [-0.2, -0.15) is 0 Å². The van der Waals surface area contributed by atoms with E-state index in [-0.39, 0.29) is 11.0 Å². The summed E-state index contributed by atoms with van der Waals surface area (Å²) < 4.78 is 4.41. The monoisotopic (exact) mass is 323 g/mol. The molecule has 2 aromatic rings. The lowest BCUT2D eigenvalue weighted by atomic mass is 9.91. The molecule has 0 atom stereocenters. The summed E-state index contributed by atoms with van der Waals surface area (Å²) in [6.07, 6.45) is 0. The van der Waals surface area contributed by atoms with E-state index in [2.05, 4.69) is 15.9 Å². The van der Waals surface area contributed by atoms with Crippen LogP contribution in [0.15, 0.2) is 33.5 Å². The number of hydrogen-bond acceptors (Lipinski definition) is 2. The lowest BCUT2D eigenvalue weighted by molar-refractivity contribution is 0.501. The second-order valence-corrected chi connectivity index (χ2v) is 6.54. The molecule has 0 spiro atoms. The van der Waals surface area contributed by atoms with Gasteiger partial charge in [0.1, 0.15) is 5.69 Å². The SMILES string of the molecule is Cn1c(C(C)(C)C)c(N)c(=O)n1-c1ccc(Br)cc1. The smallest absolute Gasteiger partial charge is 0.294 e. The summed E-state index contributed by atoms with van der Waals surface area (Å²) in [6, 6.07) is 7.58. The van der Waals surface area contributed by atoms with Gasteiger partial charge in [-0.05, 0) is 24.3 Å². The van der Waals surface area contributed by atoms with Crippen molar-refractivity contribution in [1.29, 1.82) is 0 Å². The minimum atomic E-state index is -0.182. The van der Waals surface area contributed by atoms with Gasteiger partial charge in [-0.15, -0.1) is 0 Å². The third kappa shape index (κ3) is 2.34. The van der Waals surface area contributed by atoms with Crippen LogP contribution < -0.4 is 11.3 Å². The molecule has 0 aliphatic carbocycles. The fourth-order valence-corrected chi connectivity index (χ4v) is 2.65. The lowest BCUT2D eigenvalue weighted by Gasteiger charge is -2.21. The van der Waals surface area contributed by atoms with Gasteiger partial charge in [-0.3, -0.25) is 9.48 Å². The largest absolute Gasteiger partial charge is 0.393 e. The number of benzene rings is 1. The van der Waals surface area contributed by atoms with E-state index in [1.165, 1.54) is 0 Å². The second-order valence-electron chi connectivity index (χ2n) is 5.63. The molecule has 0 aliphatic heterocycles. The molecule has 2 rings (SSSR count). The van der Waals surface area contributed by atoms with Crippen LogP contribution in [0.4, 0.5) is 5.69 Å². The number of rotatable bonds is 1. The molecular weight excluding hydrogens is 306 g/mol. The predicted molar refractivity (Wildman–Crippen MR) is 81.8 cm³/mol. The number of anilines is 1. The molecule has 0 aliphatic rings. The van der Waals surface area contributed by atoms with E-state index in [4.69, 9.17) is 5.73 Å². The maximum Gasteiger partial charge on any atom is 0.294 e. The Balaban J connectivity index is 2.73. The zero-order chi connectivity index (χ0) is 14.4. The van der Waals surface area contributed by atoms with Gasteiger partial charge in [0.15, 0.2) is 0 Å². The van der Waals surface area contributed by atoms with Crippen molar-refractivity contribution in [2.24, 2.45) is 7.05 Å². The van der Waals surface area contributed by atoms with Crippen LogP contribution in [-0.4, -0.2) is 9.36 Å². The first-order valence-corrected chi connectivity index (χ1v) is 6.86. The molecule has 5 heteroatoms. The van der Waals surface area contributed by atoms with Gasteiger partial charge in [-0.1, -0.05) is 36.7 Å². The Labute approximate surface area is 120 Å². The highest BCUT2D eigenvalue weighted by molar-refractivity contribution is 9.10. The van der Waals surface area contributed by atoms with Gasteiger partial charge in [-0.25, -0.2) is 4.68 Å². The molecule has 19 heavy (non-hydrogen) atoms. The van der Waals surface area contributed by atoms with E-state index in [1.54, 1.807) is 4.68 Å². The average Bonchev–Trinajstić information content (AvgIpc) is 2.51. The number of nitrogens with zero attached hydrogens (tertiary/aromatic N) is 2. The Kier molecular flexibility index (Phi) is 3.34. The Hall–Kier alpha value is -1.49. The van der Waals surface area contributed by atoms with Gasteiger partial charge in [0, 0.05) is 16.9 Å². The van der Waals surface area contributed by atoms with Gasteiger partial charge in [0.25, 0.3) is 5.56 Å². The van der Waals surface area contributed by atoms with Crippen molar-refractivity contribution < 1.29 is 0 Å². The first-order chi connectivity index (χ1) is 8.73. The average molecular weight is 324 g/mol. The van der Waals surface area contributed by atoms with Crippen molar-refractivity contribution in [2.45, 2.75) is 26.2 Å². The molecule has 0 saturated carbocycles. The van der Waals surface area contributed by atoms with E-state index < -0.39 is 0 Å². The van der Waals surface area contributed by atoms with E-state index in [0.29, 0.717) is 5.69 Å². The highest BCUT2D eigenvalue weighted by Crippen LogP contribution is 2.26. The summed E-state index contributed by atoms with van der Waals surface area (Å²) in [7, 11) is 1.86. The highest BCUT2D eigenvalue weighted by atomic mass is 79.9. The van der Waals surface area contributed by atoms with Crippen LogP contribution in [0, 0.1) is 0 Å². The molecule has 1 heterocycles. The van der Waals surface area contributed by atoms with Crippen molar-refractivity contribution in [2.75, 3.05) is 5.73 Å². The number of aromatic nitrogens is 2. The summed E-state index contributed by atoms with van der Waals surface area (Å²) in [5, 5.41) is 0. The fraction of sp³-hybridized carbons (Fsp3) is 0.357. The molecule has 0 saturated heterocycles. The highest BCUT2D eigenvalue weighted by Gasteiger charge is 2.26. The van der Waals surface area contributed by atoms with Crippen LogP contribution in [0.1, 0.15) is 26.5 Å². The molecule has 1 aromatic carbocycles. The lowest BCUT2D eigenvalue weighted by Crippen LogP contribution is -2.22. The maximum absolute atomic E-state index is 12.3. The molecule has 0 amide bonds. The predicted octanol–water partition coefficient (Wildman–Crippen LogP) is 2.82. The van der Waals surface area contributed by atoms with Crippen LogP contribution in [0.2, 0.25) is 0 Å². The van der Waals surface area contributed by atoms with Crippen molar-refractivity contribution in [3.8, 4) is 5.69 Å². The first kappa shape index (κ1) is 13.9. The van der Waals surface area contributed by atoms with Crippen molar-refractivity contribution in [1.82, 2.24) is 9.36 Å². The summed E-state index contributed by atoms with van der Waals surface area (Å²) in [6.45, 7) is 6.14. The van der Waals surface area contributed by atoms with Crippen molar-refractivity contribution in [3.05, 3.63) is 44.8 Å². The summed E-state index contributed by atoms with van der Waals surface area (Å²) in [5.41, 5.74) is 7.61. The third-order valence-electron chi connectivity index (χ3n) is 3.08. The molecule has 0 unspecified atom stereocenters. The minimum absolute atomic E-state index is 0.172. The molecule has 0 radical (unpaired) electrons. The molecule has 102 valence electrons. The van der Waals surface area contributed by atoms with E-state index in [1.807, 2.05) is 56.8 Å². The van der Waals surface area contributed by atoms with Crippen molar-refractivity contribution >= 4 is 21.6 Å². The van der Waals surface area contributed by atoms with E-state index in [9.17, 15) is 4.79 Å². The topological polar surface area (TPSA) is 52.9 Å². The Morgan fingerprint density at radius 2 is 1.68 bits per heavy atom. The van der Waals surface area contributed by atoms with Crippen molar-refractivity contribution in [3.63, 3.8) is 0 Å². The molecule has 4 nitrogen and oxygen atoms in total. The number of hydrogen-bond donors (Lipinski definition) is 1. The normalized spacial score (nSPS) is 11.8. The molecule has 2 N–H and O–H groups in total. The maximum atomic E-state index is 12.3. The Morgan fingerprint density at radius 1 is 1.16 bits per heavy atom. The summed E-state index contributed by atoms with van der Waals surface area (Å²) >= 11 is 3.39. The van der Waals surface area contributed by atoms with Gasteiger partial charge in [0.2, 0.25) is 0 Å². The quantitative estimate of drug-likeness (QED) is 0.877. The zero-order valence-electron chi connectivity index (χ0n) is 11.6. The van der Waals surface area contributed by atoms with E-state index >= 15 is 0 Å². The van der Waals surface area contributed by atoms with Crippen LogP contribution >= 0.6 is 15.9 Å².